The van der Waals surface area contributed by atoms with Crippen LogP contribution in [0.2, 0.25) is 0 Å². The maximum atomic E-state index is 5.74. The fourth-order valence-corrected chi connectivity index (χ4v) is 1.80. The van der Waals surface area contributed by atoms with Crippen LogP contribution in [0.1, 0.15) is 23.6 Å². The molecule has 0 bridgehead atoms. The molecule has 2 aromatic rings. The Kier molecular flexibility index (Phi) is 3.09. The van der Waals surface area contributed by atoms with Crippen molar-refractivity contribution in [2.45, 2.75) is 27.2 Å². The van der Waals surface area contributed by atoms with E-state index in [1.807, 2.05) is 13.8 Å². The molecule has 3 nitrogen and oxygen atoms in total. The molecule has 2 N–H and O–H groups in total. The molecule has 0 unspecified atom stereocenters. The van der Waals surface area contributed by atoms with Crippen molar-refractivity contribution in [1.82, 2.24) is 10.2 Å². The molecule has 0 spiro atoms. The van der Waals surface area contributed by atoms with Crippen LogP contribution in [-0.4, -0.2) is 10.2 Å². The van der Waals surface area contributed by atoms with Crippen LogP contribution in [0.4, 0.5) is 5.82 Å². The Morgan fingerprint density at radius 3 is 2.24 bits per heavy atom. The largest absolute Gasteiger partial charge is 0.382 e. The number of aromatic nitrogens is 2. The molecule has 2 rings (SSSR count). The highest BCUT2D eigenvalue weighted by Gasteiger charge is 2.09. The normalized spacial score (nSPS) is 10.5. The van der Waals surface area contributed by atoms with Gasteiger partial charge in [-0.2, -0.15) is 0 Å². The summed E-state index contributed by atoms with van der Waals surface area (Å²) < 4.78 is 0. The zero-order valence-electron chi connectivity index (χ0n) is 10.5. The Morgan fingerprint density at radius 2 is 1.65 bits per heavy atom. The smallest absolute Gasteiger partial charge is 0.149 e. The standard InChI is InChI=1S/C14H17N3/c1-4-11-5-7-12(8-6-11)13-9(2)10(3)14(15)17-16-13/h5-8H,4H2,1-3H3,(H2,15,17). The van der Waals surface area contributed by atoms with Gasteiger partial charge < -0.3 is 5.73 Å². The van der Waals surface area contributed by atoms with Crippen molar-refractivity contribution < 1.29 is 0 Å². The van der Waals surface area contributed by atoms with E-state index in [9.17, 15) is 0 Å². The number of nitrogens with two attached hydrogens (primary N) is 1. The molecule has 0 saturated heterocycles. The van der Waals surface area contributed by atoms with Gasteiger partial charge in [-0.25, -0.2) is 0 Å². The van der Waals surface area contributed by atoms with E-state index < -0.39 is 0 Å². The van der Waals surface area contributed by atoms with Crippen LogP contribution in [0.3, 0.4) is 0 Å². The summed E-state index contributed by atoms with van der Waals surface area (Å²) in [5.41, 5.74) is 11.2. The van der Waals surface area contributed by atoms with Crippen molar-refractivity contribution in [1.29, 1.82) is 0 Å². The lowest BCUT2D eigenvalue weighted by molar-refractivity contribution is 1.01. The van der Waals surface area contributed by atoms with Gasteiger partial charge in [0.05, 0.1) is 5.69 Å². The molecule has 0 atom stereocenters. The molecular weight excluding hydrogens is 210 g/mol. The lowest BCUT2D eigenvalue weighted by Gasteiger charge is -2.09. The first-order chi connectivity index (χ1) is 8.13. The van der Waals surface area contributed by atoms with E-state index in [2.05, 4.69) is 41.4 Å². The SMILES string of the molecule is CCc1ccc(-c2nnc(N)c(C)c2C)cc1. The first-order valence-corrected chi connectivity index (χ1v) is 5.82. The molecule has 3 heteroatoms. The van der Waals surface area contributed by atoms with E-state index in [0.29, 0.717) is 5.82 Å². The van der Waals surface area contributed by atoms with Crippen LogP contribution >= 0.6 is 0 Å². The van der Waals surface area contributed by atoms with Crippen molar-refractivity contribution in [3.8, 4) is 11.3 Å². The van der Waals surface area contributed by atoms with Gasteiger partial charge in [-0.05, 0) is 37.0 Å². The molecule has 0 aliphatic rings. The summed E-state index contributed by atoms with van der Waals surface area (Å²) in [4.78, 5) is 0. The summed E-state index contributed by atoms with van der Waals surface area (Å²) in [7, 11) is 0. The molecule has 1 heterocycles. The van der Waals surface area contributed by atoms with Crippen LogP contribution < -0.4 is 5.73 Å². The molecule has 1 aromatic heterocycles. The zero-order chi connectivity index (χ0) is 12.4. The monoisotopic (exact) mass is 227 g/mol. The summed E-state index contributed by atoms with van der Waals surface area (Å²) in [6.07, 6.45) is 1.05. The fourth-order valence-electron chi connectivity index (χ4n) is 1.80. The van der Waals surface area contributed by atoms with Crippen molar-refractivity contribution in [2.75, 3.05) is 5.73 Å². The summed E-state index contributed by atoms with van der Waals surface area (Å²) in [6, 6.07) is 8.43. The number of aryl methyl sites for hydroxylation is 1. The van der Waals surface area contributed by atoms with Gasteiger partial charge in [0.1, 0.15) is 5.82 Å². The highest BCUT2D eigenvalue weighted by atomic mass is 15.1. The fraction of sp³-hybridized carbons (Fsp3) is 0.286. The topological polar surface area (TPSA) is 51.8 Å². The van der Waals surface area contributed by atoms with Gasteiger partial charge in [0.2, 0.25) is 0 Å². The van der Waals surface area contributed by atoms with Crippen LogP contribution in [0.25, 0.3) is 11.3 Å². The molecule has 0 amide bonds. The van der Waals surface area contributed by atoms with Crippen LogP contribution in [0, 0.1) is 13.8 Å². The average molecular weight is 227 g/mol. The van der Waals surface area contributed by atoms with E-state index in [1.165, 1.54) is 5.56 Å². The molecule has 0 fully saturated rings. The van der Waals surface area contributed by atoms with E-state index in [0.717, 1.165) is 28.8 Å². The average Bonchev–Trinajstić information content (AvgIpc) is 2.36. The zero-order valence-corrected chi connectivity index (χ0v) is 10.5. The van der Waals surface area contributed by atoms with E-state index in [4.69, 9.17) is 5.73 Å². The molecule has 17 heavy (non-hydrogen) atoms. The van der Waals surface area contributed by atoms with Crippen molar-refractivity contribution in [2.24, 2.45) is 0 Å². The summed E-state index contributed by atoms with van der Waals surface area (Å²) >= 11 is 0. The van der Waals surface area contributed by atoms with Gasteiger partial charge >= 0.3 is 0 Å². The van der Waals surface area contributed by atoms with Crippen LogP contribution in [0.5, 0.6) is 0 Å². The quantitative estimate of drug-likeness (QED) is 0.858. The van der Waals surface area contributed by atoms with Gasteiger partial charge in [-0.1, -0.05) is 31.2 Å². The highest BCUT2D eigenvalue weighted by Crippen LogP contribution is 2.24. The Labute approximate surface area is 102 Å². The Bertz CT molecular complexity index is 530. The lowest BCUT2D eigenvalue weighted by atomic mass is 10.0. The maximum Gasteiger partial charge on any atom is 0.149 e. The molecule has 0 saturated carbocycles. The van der Waals surface area contributed by atoms with Crippen LogP contribution in [-0.2, 0) is 6.42 Å². The molecule has 0 aliphatic carbocycles. The maximum absolute atomic E-state index is 5.74. The van der Waals surface area contributed by atoms with Gasteiger partial charge in [-0.3, -0.25) is 0 Å². The number of anilines is 1. The Hall–Kier alpha value is -1.90. The Morgan fingerprint density at radius 1 is 1.00 bits per heavy atom. The molecule has 0 radical (unpaired) electrons. The predicted molar refractivity (Wildman–Crippen MR) is 70.7 cm³/mol. The molecule has 0 aliphatic heterocycles. The number of rotatable bonds is 2. The first-order valence-electron chi connectivity index (χ1n) is 5.82. The minimum Gasteiger partial charge on any atom is -0.382 e. The summed E-state index contributed by atoms with van der Waals surface area (Å²) in [5.74, 6) is 0.511. The van der Waals surface area contributed by atoms with Crippen molar-refractivity contribution >= 4 is 5.82 Å². The first kappa shape index (κ1) is 11.6. The third kappa shape index (κ3) is 2.13. The Balaban J connectivity index is 2.49. The number of hydrogen-bond donors (Lipinski definition) is 1. The second-order valence-electron chi connectivity index (χ2n) is 4.23. The van der Waals surface area contributed by atoms with E-state index >= 15 is 0 Å². The summed E-state index contributed by atoms with van der Waals surface area (Å²) in [6.45, 7) is 6.15. The summed E-state index contributed by atoms with van der Waals surface area (Å²) in [5, 5.41) is 8.18. The minimum atomic E-state index is 0.511. The van der Waals surface area contributed by atoms with Crippen molar-refractivity contribution in [3.05, 3.63) is 41.0 Å². The van der Waals surface area contributed by atoms with E-state index in [-0.39, 0.29) is 0 Å². The molecule has 88 valence electrons. The predicted octanol–water partition coefficient (Wildman–Crippen LogP) is 2.91. The second kappa shape index (κ2) is 4.53. The number of hydrogen-bond acceptors (Lipinski definition) is 3. The second-order valence-corrected chi connectivity index (χ2v) is 4.23. The van der Waals surface area contributed by atoms with Gasteiger partial charge in [0.25, 0.3) is 0 Å². The lowest BCUT2D eigenvalue weighted by Crippen LogP contribution is -2.02. The van der Waals surface area contributed by atoms with E-state index in [1.54, 1.807) is 0 Å². The van der Waals surface area contributed by atoms with Gasteiger partial charge in [0, 0.05) is 5.56 Å². The van der Waals surface area contributed by atoms with Gasteiger partial charge in [0.15, 0.2) is 0 Å². The minimum absolute atomic E-state index is 0.511. The van der Waals surface area contributed by atoms with Crippen LogP contribution in [0.15, 0.2) is 24.3 Å². The number of nitrogen functional groups attached to an aromatic ring is 1. The number of nitrogens with zero attached hydrogens (tertiary/aromatic N) is 2. The van der Waals surface area contributed by atoms with Crippen molar-refractivity contribution in [3.63, 3.8) is 0 Å². The molecular formula is C14H17N3. The molecule has 1 aromatic carbocycles. The third-order valence-electron chi connectivity index (χ3n) is 3.20. The number of benzene rings is 1. The highest BCUT2D eigenvalue weighted by molar-refractivity contribution is 5.66. The van der Waals surface area contributed by atoms with Gasteiger partial charge in [-0.15, -0.1) is 10.2 Å². The third-order valence-corrected chi connectivity index (χ3v) is 3.20.